The lowest BCUT2D eigenvalue weighted by Crippen LogP contribution is -1.88. The molecule has 18 heavy (non-hydrogen) atoms. The fourth-order valence-corrected chi connectivity index (χ4v) is 2.93. The Kier molecular flexibility index (Phi) is 3.92. The number of nitro groups is 1. The van der Waals surface area contributed by atoms with Crippen LogP contribution in [0, 0.1) is 10.1 Å². The number of nitrogens with zero attached hydrogens (tertiary/aromatic N) is 1. The first-order valence-electron chi connectivity index (χ1n) is 4.08. The van der Waals surface area contributed by atoms with E-state index in [4.69, 9.17) is 19.6 Å². The Morgan fingerprint density at radius 3 is 2.11 bits per heavy atom. The standard InChI is InChI=1S/C6H7NO9P2/c8-7(9)4-1-5(16-3-4)2-6(17(10,11)12)18(13,14)15/h1-3H,(H2,10,11,12)(H2,13,14,15). The van der Waals surface area contributed by atoms with Crippen molar-refractivity contribution in [3.63, 3.8) is 0 Å². The first kappa shape index (κ1) is 14.8. The summed E-state index contributed by atoms with van der Waals surface area (Å²) in [4.78, 5) is 44.5. The summed E-state index contributed by atoms with van der Waals surface area (Å²) >= 11 is 0. The minimum absolute atomic E-state index is 0.383. The molecule has 0 aliphatic carbocycles. The Balaban J connectivity index is 3.29. The van der Waals surface area contributed by atoms with Gasteiger partial charge in [0.25, 0.3) is 0 Å². The molecule has 0 amide bonds. The van der Waals surface area contributed by atoms with Gasteiger partial charge < -0.3 is 24.0 Å². The minimum atomic E-state index is -5.21. The molecule has 0 atom stereocenters. The van der Waals surface area contributed by atoms with Gasteiger partial charge in [-0.2, -0.15) is 0 Å². The molecular formula is C6H7NO9P2. The van der Waals surface area contributed by atoms with Gasteiger partial charge in [0.1, 0.15) is 5.76 Å². The third kappa shape index (κ3) is 3.61. The molecule has 100 valence electrons. The summed E-state index contributed by atoms with van der Waals surface area (Å²) in [7, 11) is -10.4. The van der Waals surface area contributed by atoms with Gasteiger partial charge in [-0.15, -0.1) is 0 Å². The molecule has 0 saturated carbocycles. The summed E-state index contributed by atoms with van der Waals surface area (Å²) in [6.45, 7) is 0. The van der Waals surface area contributed by atoms with Gasteiger partial charge in [-0.3, -0.25) is 19.2 Å². The van der Waals surface area contributed by atoms with Crippen molar-refractivity contribution in [1.82, 2.24) is 0 Å². The molecule has 0 aromatic carbocycles. The number of hydrogen-bond acceptors (Lipinski definition) is 5. The molecule has 0 spiro atoms. The smallest absolute Gasteiger partial charge is 0.364 e. The maximum atomic E-state index is 10.9. The Hall–Kier alpha value is -1.28. The zero-order valence-corrected chi connectivity index (χ0v) is 10.2. The van der Waals surface area contributed by atoms with Crippen LogP contribution in [0.1, 0.15) is 5.76 Å². The average Bonchev–Trinajstić information content (AvgIpc) is 2.58. The predicted molar refractivity (Wildman–Crippen MR) is 57.4 cm³/mol. The molecular weight excluding hydrogens is 292 g/mol. The van der Waals surface area contributed by atoms with Crippen molar-refractivity contribution in [3.05, 3.63) is 33.3 Å². The second kappa shape index (κ2) is 4.77. The highest BCUT2D eigenvalue weighted by Crippen LogP contribution is 2.64. The summed E-state index contributed by atoms with van der Waals surface area (Å²) in [5.74, 6) is -0.455. The van der Waals surface area contributed by atoms with E-state index in [1.54, 1.807) is 0 Å². The van der Waals surface area contributed by atoms with Gasteiger partial charge in [0.15, 0.2) is 11.3 Å². The Bertz CT molecular complexity index is 566. The Labute approximate surface area is 99.0 Å². The monoisotopic (exact) mass is 299 g/mol. The van der Waals surface area contributed by atoms with E-state index in [1.165, 1.54) is 0 Å². The highest BCUT2D eigenvalue weighted by molar-refractivity contribution is 7.77. The van der Waals surface area contributed by atoms with Gasteiger partial charge in [-0.1, -0.05) is 0 Å². The molecule has 0 radical (unpaired) electrons. The van der Waals surface area contributed by atoms with Gasteiger partial charge in [0, 0.05) is 6.08 Å². The summed E-state index contributed by atoms with van der Waals surface area (Å²) in [5, 5.41) is 8.84. The summed E-state index contributed by atoms with van der Waals surface area (Å²) in [6, 6.07) is 0.769. The van der Waals surface area contributed by atoms with Crippen LogP contribution >= 0.6 is 15.2 Å². The molecule has 0 unspecified atom stereocenters. The molecule has 1 rings (SSSR count). The number of hydrogen-bond donors (Lipinski definition) is 4. The molecule has 1 aromatic heterocycles. The van der Waals surface area contributed by atoms with Crippen LogP contribution in [0.2, 0.25) is 0 Å². The first-order valence-corrected chi connectivity index (χ1v) is 7.31. The van der Waals surface area contributed by atoms with Gasteiger partial charge in [-0.05, 0) is 0 Å². The van der Waals surface area contributed by atoms with Gasteiger partial charge in [0.2, 0.25) is 0 Å². The van der Waals surface area contributed by atoms with Gasteiger partial charge in [0.05, 0.1) is 11.0 Å². The minimum Gasteiger partial charge on any atom is -0.458 e. The van der Waals surface area contributed by atoms with Crippen LogP contribution in [-0.2, 0) is 9.13 Å². The molecule has 0 aliphatic heterocycles. The second-order valence-corrected chi connectivity index (χ2v) is 6.55. The van der Waals surface area contributed by atoms with Gasteiger partial charge in [-0.25, -0.2) is 0 Å². The van der Waals surface area contributed by atoms with Crippen molar-refractivity contribution in [2.45, 2.75) is 0 Å². The predicted octanol–water partition coefficient (Wildman–Crippen LogP) is 0.842. The fourth-order valence-electron chi connectivity index (χ4n) is 0.979. The highest BCUT2D eigenvalue weighted by atomic mass is 31.2. The van der Waals surface area contributed by atoms with Crippen LogP contribution in [0.15, 0.2) is 21.8 Å². The number of rotatable bonds is 4. The molecule has 1 heterocycles. The summed E-state index contributed by atoms with van der Waals surface area (Å²) < 4.78 is 26.3. The van der Waals surface area contributed by atoms with Crippen molar-refractivity contribution < 1.29 is 38.0 Å². The number of furan rings is 1. The highest BCUT2D eigenvalue weighted by Gasteiger charge is 2.36. The van der Waals surface area contributed by atoms with Crippen LogP contribution in [0.3, 0.4) is 0 Å². The van der Waals surface area contributed by atoms with E-state index >= 15 is 0 Å². The lowest BCUT2D eigenvalue weighted by molar-refractivity contribution is -0.385. The Morgan fingerprint density at radius 1 is 1.28 bits per heavy atom. The van der Waals surface area contributed by atoms with E-state index in [0.717, 1.165) is 6.07 Å². The van der Waals surface area contributed by atoms with E-state index < -0.39 is 36.6 Å². The third-order valence-corrected chi connectivity index (χ3v) is 4.70. The molecule has 1 aromatic rings. The average molecular weight is 299 g/mol. The van der Waals surface area contributed by atoms with Crippen molar-refractivity contribution in [1.29, 1.82) is 0 Å². The van der Waals surface area contributed by atoms with Crippen LogP contribution < -0.4 is 0 Å². The summed E-state index contributed by atoms with van der Waals surface area (Å²) in [6.07, 6.45) is 1.05. The van der Waals surface area contributed by atoms with Gasteiger partial charge >= 0.3 is 20.9 Å². The normalized spacial score (nSPS) is 12.2. The molecule has 0 bridgehead atoms. The van der Waals surface area contributed by atoms with Crippen LogP contribution in [0.25, 0.3) is 6.08 Å². The maximum absolute atomic E-state index is 10.9. The van der Waals surface area contributed by atoms with E-state index in [-0.39, 0.29) is 0 Å². The van der Waals surface area contributed by atoms with Crippen LogP contribution in [0.4, 0.5) is 5.69 Å². The first-order chi connectivity index (χ1) is 8.01. The Morgan fingerprint density at radius 2 is 1.78 bits per heavy atom. The molecule has 12 heteroatoms. The molecule has 10 nitrogen and oxygen atoms in total. The lowest BCUT2D eigenvalue weighted by atomic mass is 10.4. The fraction of sp³-hybridized carbons (Fsp3) is 0. The zero-order chi connectivity index (χ0) is 14.1. The van der Waals surface area contributed by atoms with E-state index in [2.05, 4.69) is 4.42 Å². The van der Waals surface area contributed by atoms with E-state index in [9.17, 15) is 19.2 Å². The molecule has 0 saturated heterocycles. The zero-order valence-electron chi connectivity index (χ0n) is 8.40. The van der Waals surface area contributed by atoms with Crippen LogP contribution in [-0.4, -0.2) is 24.5 Å². The SMILES string of the molecule is O=[N+]([O-])c1coc(C=C(P(=O)(O)O)P(=O)(O)O)c1. The van der Waals surface area contributed by atoms with Crippen molar-refractivity contribution >= 4 is 27.0 Å². The van der Waals surface area contributed by atoms with Crippen LogP contribution in [0.5, 0.6) is 0 Å². The van der Waals surface area contributed by atoms with E-state index in [1.807, 2.05) is 0 Å². The molecule has 0 aliphatic rings. The van der Waals surface area contributed by atoms with Crippen molar-refractivity contribution in [2.24, 2.45) is 0 Å². The van der Waals surface area contributed by atoms with E-state index in [0.29, 0.717) is 12.3 Å². The summed E-state index contributed by atoms with van der Waals surface area (Å²) in [5.41, 5.74) is -0.517. The molecule has 0 fully saturated rings. The second-order valence-electron chi connectivity index (χ2n) is 3.05. The maximum Gasteiger partial charge on any atom is 0.364 e. The molecule has 4 N–H and O–H groups in total. The topological polar surface area (TPSA) is 171 Å². The largest absolute Gasteiger partial charge is 0.458 e. The lowest BCUT2D eigenvalue weighted by Gasteiger charge is -2.09. The third-order valence-electron chi connectivity index (χ3n) is 1.68. The van der Waals surface area contributed by atoms with Crippen molar-refractivity contribution in [3.8, 4) is 0 Å². The quantitative estimate of drug-likeness (QED) is 0.357. The van der Waals surface area contributed by atoms with Crippen molar-refractivity contribution in [2.75, 3.05) is 0 Å².